The fraction of sp³-hybridized carbons (Fsp3) is 0.611. The van der Waals surface area contributed by atoms with Crippen LogP contribution in [0.2, 0.25) is 0 Å². The number of ether oxygens (including phenoxy) is 1. The summed E-state index contributed by atoms with van der Waals surface area (Å²) in [5.74, 6) is 0.338. The van der Waals surface area contributed by atoms with Crippen molar-refractivity contribution in [2.75, 3.05) is 26.2 Å². The molecule has 1 aromatic rings. The van der Waals surface area contributed by atoms with Crippen LogP contribution in [0.25, 0.3) is 0 Å². The molecular formula is C18H29N3O2. The van der Waals surface area contributed by atoms with Crippen LogP contribution >= 0.6 is 0 Å². The number of nitrogens with zero attached hydrogens (tertiary/aromatic N) is 1. The minimum Gasteiger partial charge on any atom is -0.374 e. The second kappa shape index (κ2) is 9.01. The molecule has 1 heterocycles. The summed E-state index contributed by atoms with van der Waals surface area (Å²) in [6, 6.07) is 9.99. The molecule has 5 nitrogen and oxygen atoms in total. The molecule has 0 saturated carbocycles. The zero-order chi connectivity index (χ0) is 16.7. The van der Waals surface area contributed by atoms with Crippen LogP contribution in [0.4, 0.5) is 0 Å². The number of benzene rings is 1. The van der Waals surface area contributed by atoms with Crippen LogP contribution in [0, 0.1) is 5.92 Å². The normalized spacial score (nSPS) is 20.4. The van der Waals surface area contributed by atoms with Crippen LogP contribution in [-0.2, 0) is 16.1 Å². The van der Waals surface area contributed by atoms with Crippen molar-refractivity contribution in [3.05, 3.63) is 35.9 Å². The van der Waals surface area contributed by atoms with Crippen LogP contribution in [0.15, 0.2) is 30.3 Å². The highest BCUT2D eigenvalue weighted by Crippen LogP contribution is 2.10. The number of carbonyl (C=O) groups is 1. The van der Waals surface area contributed by atoms with Gasteiger partial charge in [0, 0.05) is 26.2 Å². The van der Waals surface area contributed by atoms with Gasteiger partial charge in [-0.25, -0.2) is 0 Å². The molecule has 0 spiro atoms. The molecule has 3 N–H and O–H groups in total. The second-order valence-electron chi connectivity index (χ2n) is 6.69. The van der Waals surface area contributed by atoms with Crippen molar-refractivity contribution in [3.8, 4) is 0 Å². The lowest BCUT2D eigenvalue weighted by Gasteiger charge is -2.33. The summed E-state index contributed by atoms with van der Waals surface area (Å²) in [4.78, 5) is 14.4. The molecular weight excluding hydrogens is 290 g/mol. The molecule has 0 aromatic heterocycles. The lowest BCUT2D eigenvalue weighted by molar-refractivity contribution is -0.124. The van der Waals surface area contributed by atoms with E-state index in [2.05, 4.69) is 48.3 Å². The molecule has 1 aliphatic heterocycles. The summed E-state index contributed by atoms with van der Waals surface area (Å²) >= 11 is 0. The van der Waals surface area contributed by atoms with Gasteiger partial charge in [-0.2, -0.15) is 0 Å². The Labute approximate surface area is 139 Å². The summed E-state index contributed by atoms with van der Waals surface area (Å²) in [6.07, 6.45) is 0.736. The van der Waals surface area contributed by atoms with Crippen molar-refractivity contribution >= 4 is 5.91 Å². The van der Waals surface area contributed by atoms with Gasteiger partial charge in [0.05, 0.1) is 18.8 Å². The van der Waals surface area contributed by atoms with Crippen LogP contribution in [-0.4, -0.2) is 49.2 Å². The molecule has 5 heteroatoms. The Hall–Kier alpha value is -1.43. The zero-order valence-electron chi connectivity index (χ0n) is 14.2. The third-order valence-corrected chi connectivity index (χ3v) is 4.04. The first-order valence-electron chi connectivity index (χ1n) is 8.45. The molecule has 1 saturated heterocycles. The molecule has 0 aliphatic carbocycles. The largest absolute Gasteiger partial charge is 0.374 e. The zero-order valence-corrected chi connectivity index (χ0v) is 14.2. The molecule has 1 aromatic carbocycles. The van der Waals surface area contributed by atoms with E-state index in [4.69, 9.17) is 10.5 Å². The van der Waals surface area contributed by atoms with E-state index in [0.29, 0.717) is 25.5 Å². The van der Waals surface area contributed by atoms with E-state index >= 15 is 0 Å². The predicted molar refractivity (Wildman–Crippen MR) is 91.9 cm³/mol. The van der Waals surface area contributed by atoms with Crippen molar-refractivity contribution in [1.29, 1.82) is 0 Å². The molecule has 1 fully saturated rings. The number of nitrogens with one attached hydrogen (secondary N) is 1. The average molecular weight is 319 g/mol. The van der Waals surface area contributed by atoms with Crippen molar-refractivity contribution in [2.45, 2.75) is 39.0 Å². The van der Waals surface area contributed by atoms with Crippen LogP contribution < -0.4 is 11.1 Å². The molecule has 1 unspecified atom stereocenters. The van der Waals surface area contributed by atoms with Gasteiger partial charge in [-0.3, -0.25) is 9.69 Å². The first-order chi connectivity index (χ1) is 11.0. The summed E-state index contributed by atoms with van der Waals surface area (Å²) in [6.45, 7) is 8.03. The van der Waals surface area contributed by atoms with Crippen LogP contribution in [0.5, 0.6) is 0 Å². The maximum atomic E-state index is 12.0. The van der Waals surface area contributed by atoms with Gasteiger partial charge >= 0.3 is 0 Å². The van der Waals surface area contributed by atoms with E-state index in [0.717, 1.165) is 19.6 Å². The molecule has 0 bridgehead atoms. The Balaban J connectivity index is 1.74. The average Bonchev–Trinajstić information content (AvgIpc) is 2.53. The third-order valence-electron chi connectivity index (χ3n) is 4.04. The Morgan fingerprint density at radius 1 is 1.39 bits per heavy atom. The minimum absolute atomic E-state index is 0.0302. The first kappa shape index (κ1) is 17.9. The van der Waals surface area contributed by atoms with E-state index in [-0.39, 0.29) is 12.0 Å². The molecule has 0 radical (unpaired) electrons. The quantitative estimate of drug-likeness (QED) is 0.797. The minimum atomic E-state index is -0.431. The van der Waals surface area contributed by atoms with Crippen molar-refractivity contribution in [2.24, 2.45) is 11.7 Å². The van der Waals surface area contributed by atoms with Gasteiger partial charge in [-0.05, 0) is 17.9 Å². The summed E-state index contributed by atoms with van der Waals surface area (Å²) in [5.41, 5.74) is 7.20. The fourth-order valence-corrected chi connectivity index (χ4v) is 2.85. The standard InChI is InChI=1S/C18H29N3O2/c1-14(2)10-17(19)18(22)20-11-16-13-21(8-9-23-16)12-15-6-4-3-5-7-15/h3-7,14,16-17H,8-13,19H2,1-2H3,(H,20,22)/t16?,17-/m0/s1. The van der Waals surface area contributed by atoms with Crippen LogP contribution in [0.1, 0.15) is 25.8 Å². The van der Waals surface area contributed by atoms with Gasteiger partial charge in [0.25, 0.3) is 0 Å². The van der Waals surface area contributed by atoms with E-state index in [9.17, 15) is 4.79 Å². The molecule has 1 aliphatic rings. The smallest absolute Gasteiger partial charge is 0.237 e. The van der Waals surface area contributed by atoms with Gasteiger partial charge in [0.1, 0.15) is 0 Å². The van der Waals surface area contributed by atoms with Crippen LogP contribution in [0.3, 0.4) is 0 Å². The Morgan fingerprint density at radius 3 is 2.83 bits per heavy atom. The van der Waals surface area contributed by atoms with E-state index in [1.165, 1.54) is 5.56 Å². The summed E-state index contributed by atoms with van der Waals surface area (Å²) in [5, 5.41) is 2.93. The monoisotopic (exact) mass is 319 g/mol. The molecule has 2 rings (SSSR count). The fourth-order valence-electron chi connectivity index (χ4n) is 2.85. The van der Waals surface area contributed by atoms with Crippen molar-refractivity contribution < 1.29 is 9.53 Å². The summed E-state index contributed by atoms with van der Waals surface area (Å²) in [7, 11) is 0. The topological polar surface area (TPSA) is 67.6 Å². The molecule has 23 heavy (non-hydrogen) atoms. The summed E-state index contributed by atoms with van der Waals surface area (Å²) < 4.78 is 5.76. The van der Waals surface area contributed by atoms with E-state index in [1.807, 2.05) is 6.07 Å². The van der Waals surface area contributed by atoms with Crippen molar-refractivity contribution in [1.82, 2.24) is 10.2 Å². The predicted octanol–water partition coefficient (Wildman–Crippen LogP) is 1.38. The number of rotatable bonds is 7. The maximum absolute atomic E-state index is 12.0. The number of amides is 1. The second-order valence-corrected chi connectivity index (χ2v) is 6.69. The highest BCUT2D eigenvalue weighted by molar-refractivity contribution is 5.81. The van der Waals surface area contributed by atoms with E-state index < -0.39 is 6.04 Å². The molecule has 1 amide bonds. The highest BCUT2D eigenvalue weighted by atomic mass is 16.5. The van der Waals surface area contributed by atoms with Gasteiger partial charge in [0.2, 0.25) is 5.91 Å². The van der Waals surface area contributed by atoms with Gasteiger partial charge in [0.15, 0.2) is 0 Å². The van der Waals surface area contributed by atoms with Gasteiger partial charge in [-0.1, -0.05) is 44.2 Å². The third kappa shape index (κ3) is 6.29. The number of carbonyl (C=O) groups excluding carboxylic acids is 1. The first-order valence-corrected chi connectivity index (χ1v) is 8.45. The molecule has 128 valence electrons. The lowest BCUT2D eigenvalue weighted by atomic mass is 10.0. The molecule has 2 atom stereocenters. The highest BCUT2D eigenvalue weighted by Gasteiger charge is 2.22. The van der Waals surface area contributed by atoms with Gasteiger partial charge in [-0.15, -0.1) is 0 Å². The Bertz CT molecular complexity index is 478. The Kier molecular flexibility index (Phi) is 7.02. The number of hydrogen-bond donors (Lipinski definition) is 2. The number of morpholine rings is 1. The number of nitrogens with two attached hydrogens (primary N) is 1. The maximum Gasteiger partial charge on any atom is 0.237 e. The number of hydrogen-bond acceptors (Lipinski definition) is 4. The van der Waals surface area contributed by atoms with Gasteiger partial charge < -0.3 is 15.8 Å². The Morgan fingerprint density at radius 2 is 2.13 bits per heavy atom. The SMILES string of the molecule is CC(C)C[C@H](N)C(=O)NCC1CN(Cc2ccccc2)CCO1. The van der Waals surface area contributed by atoms with Crippen molar-refractivity contribution in [3.63, 3.8) is 0 Å². The lowest BCUT2D eigenvalue weighted by Crippen LogP contribution is -2.49. The van der Waals surface area contributed by atoms with E-state index in [1.54, 1.807) is 0 Å².